The molecular weight excluding hydrogens is 574 g/mol. The number of ether oxygens (including phenoxy) is 2. The normalized spacial score (nSPS) is 23.4. The Labute approximate surface area is 274 Å². The largest absolute Gasteiger partial charge is 0.394 e. The molecule has 1 aliphatic heterocycles. The van der Waals surface area contributed by atoms with Crippen LogP contribution in [0.4, 0.5) is 0 Å². The van der Waals surface area contributed by atoms with Crippen LogP contribution in [-0.2, 0) is 14.3 Å². The van der Waals surface area contributed by atoms with Gasteiger partial charge in [-0.2, -0.15) is 0 Å². The van der Waals surface area contributed by atoms with Gasteiger partial charge in [0.2, 0.25) is 5.91 Å². The second kappa shape index (κ2) is 28.0. The van der Waals surface area contributed by atoms with E-state index in [1.165, 1.54) is 77.0 Å². The Kier molecular flexibility index (Phi) is 26.1. The zero-order valence-corrected chi connectivity index (χ0v) is 28.6. The third-order valence-corrected chi connectivity index (χ3v) is 8.87. The molecule has 0 radical (unpaired) electrons. The van der Waals surface area contributed by atoms with Crippen molar-refractivity contribution >= 4 is 5.91 Å². The van der Waals surface area contributed by atoms with Crippen molar-refractivity contribution in [1.82, 2.24) is 5.32 Å². The van der Waals surface area contributed by atoms with Crippen molar-refractivity contribution in [2.24, 2.45) is 0 Å². The summed E-state index contributed by atoms with van der Waals surface area (Å²) in [6.45, 7) is 3.75. The number of carbonyl (C=O) groups is 1. The summed E-state index contributed by atoms with van der Waals surface area (Å²) in [7, 11) is 0. The van der Waals surface area contributed by atoms with Gasteiger partial charge in [-0.25, -0.2) is 0 Å². The summed E-state index contributed by atoms with van der Waals surface area (Å²) in [5, 5.41) is 53.8. The Morgan fingerprint density at radius 3 is 1.82 bits per heavy atom. The van der Waals surface area contributed by atoms with Crippen LogP contribution >= 0.6 is 0 Å². The van der Waals surface area contributed by atoms with E-state index in [1.807, 2.05) is 0 Å². The number of aliphatic hydroxyl groups is 5. The molecule has 9 nitrogen and oxygen atoms in total. The standard InChI is InChI=1S/C36H69NO8/c1-3-5-7-9-11-13-14-15-16-18-20-22-24-26-32(40)37-29(30(39)25-23-21-19-17-12-10-8-6-4-2)28-44-36-35(43)34(42)33(41)31(27-38)45-36/h13-14,29-31,33-36,38-39,41-43H,3-12,15-28H2,1-2H3,(H,37,40)/b14-13+/t29-,30+,31-,33-,34?,35?,36-/m0/s1. The molecule has 1 amide bonds. The SMILES string of the molecule is CCCCCC/C=C/CCCCCCCC(=O)N[C@@H](CO[C@H]1O[C@@H](CO)[C@H](O)C(O)C1O)[C@H](O)CCCCCCCCCCC. The molecule has 0 aromatic rings. The van der Waals surface area contributed by atoms with Gasteiger partial charge in [0.15, 0.2) is 6.29 Å². The van der Waals surface area contributed by atoms with Crippen LogP contribution in [0.1, 0.15) is 155 Å². The average molecular weight is 644 g/mol. The van der Waals surface area contributed by atoms with Gasteiger partial charge in [0.05, 0.1) is 25.4 Å². The van der Waals surface area contributed by atoms with Crippen LogP contribution in [0.2, 0.25) is 0 Å². The quantitative estimate of drug-likeness (QED) is 0.0441. The highest BCUT2D eigenvalue weighted by Gasteiger charge is 2.44. The first-order valence-corrected chi connectivity index (χ1v) is 18.4. The van der Waals surface area contributed by atoms with Crippen molar-refractivity contribution in [2.45, 2.75) is 198 Å². The van der Waals surface area contributed by atoms with Gasteiger partial charge >= 0.3 is 0 Å². The molecule has 0 saturated carbocycles. The van der Waals surface area contributed by atoms with E-state index in [0.717, 1.165) is 51.4 Å². The predicted molar refractivity (Wildman–Crippen MR) is 180 cm³/mol. The summed E-state index contributed by atoms with van der Waals surface area (Å²) < 4.78 is 11.2. The molecule has 0 spiro atoms. The Bertz CT molecular complexity index is 721. The lowest BCUT2D eigenvalue weighted by Crippen LogP contribution is -2.60. The van der Waals surface area contributed by atoms with Crippen LogP contribution in [0.25, 0.3) is 0 Å². The highest BCUT2D eigenvalue weighted by atomic mass is 16.7. The minimum Gasteiger partial charge on any atom is -0.394 e. The van der Waals surface area contributed by atoms with E-state index in [2.05, 4.69) is 31.3 Å². The first-order chi connectivity index (χ1) is 21.8. The van der Waals surface area contributed by atoms with Crippen LogP contribution < -0.4 is 5.32 Å². The summed E-state index contributed by atoms with van der Waals surface area (Å²) in [5.41, 5.74) is 0. The van der Waals surface area contributed by atoms with Crippen molar-refractivity contribution < 1.29 is 39.8 Å². The number of rotatable bonds is 29. The van der Waals surface area contributed by atoms with Gasteiger partial charge in [-0.05, 0) is 38.5 Å². The lowest BCUT2D eigenvalue weighted by atomic mass is 9.99. The fourth-order valence-corrected chi connectivity index (χ4v) is 5.80. The molecule has 1 heterocycles. The molecule has 1 aliphatic rings. The van der Waals surface area contributed by atoms with Crippen molar-refractivity contribution in [3.8, 4) is 0 Å². The molecule has 0 bridgehead atoms. The first-order valence-electron chi connectivity index (χ1n) is 18.4. The van der Waals surface area contributed by atoms with E-state index in [0.29, 0.717) is 12.8 Å². The van der Waals surface area contributed by atoms with E-state index >= 15 is 0 Å². The number of amides is 1. The van der Waals surface area contributed by atoms with Crippen molar-refractivity contribution in [1.29, 1.82) is 0 Å². The molecule has 1 rings (SSSR count). The molecule has 6 N–H and O–H groups in total. The number of carbonyl (C=O) groups excluding carboxylic acids is 1. The summed E-state index contributed by atoms with van der Waals surface area (Å²) in [6.07, 6.45) is 20.8. The minimum absolute atomic E-state index is 0.140. The molecular formula is C36H69NO8. The van der Waals surface area contributed by atoms with Gasteiger partial charge in [-0.15, -0.1) is 0 Å². The lowest BCUT2D eigenvalue weighted by Gasteiger charge is -2.40. The Hall–Kier alpha value is -1.07. The molecule has 0 aliphatic carbocycles. The number of allylic oxidation sites excluding steroid dienone is 2. The number of nitrogens with one attached hydrogen (secondary N) is 1. The molecule has 1 saturated heterocycles. The number of hydrogen-bond donors (Lipinski definition) is 6. The Balaban J connectivity index is 2.44. The van der Waals surface area contributed by atoms with Crippen LogP contribution in [0.15, 0.2) is 12.2 Å². The maximum Gasteiger partial charge on any atom is 0.220 e. The minimum atomic E-state index is -1.55. The van der Waals surface area contributed by atoms with E-state index in [1.54, 1.807) is 0 Å². The number of unbranched alkanes of at least 4 members (excludes halogenated alkanes) is 17. The van der Waals surface area contributed by atoms with E-state index in [4.69, 9.17) is 9.47 Å². The lowest BCUT2D eigenvalue weighted by molar-refractivity contribution is -0.302. The highest BCUT2D eigenvalue weighted by molar-refractivity contribution is 5.76. The maximum absolute atomic E-state index is 12.8. The molecule has 2 unspecified atom stereocenters. The summed E-state index contributed by atoms with van der Waals surface area (Å²) in [5.74, 6) is -0.158. The van der Waals surface area contributed by atoms with Crippen molar-refractivity contribution in [2.75, 3.05) is 13.2 Å². The molecule has 0 aromatic carbocycles. The Morgan fingerprint density at radius 2 is 1.24 bits per heavy atom. The molecule has 7 atom stereocenters. The molecule has 266 valence electrons. The summed E-state index contributed by atoms with van der Waals surface area (Å²) in [4.78, 5) is 12.8. The van der Waals surface area contributed by atoms with Gasteiger partial charge in [-0.1, -0.05) is 122 Å². The smallest absolute Gasteiger partial charge is 0.220 e. The summed E-state index contributed by atoms with van der Waals surface area (Å²) in [6, 6.07) is -0.715. The van der Waals surface area contributed by atoms with Gasteiger partial charge in [0.25, 0.3) is 0 Å². The topological polar surface area (TPSA) is 149 Å². The Morgan fingerprint density at radius 1 is 0.733 bits per heavy atom. The van der Waals surface area contributed by atoms with Gasteiger partial charge in [0.1, 0.15) is 24.4 Å². The van der Waals surface area contributed by atoms with Crippen LogP contribution in [-0.4, -0.2) is 87.5 Å². The van der Waals surface area contributed by atoms with E-state index in [-0.39, 0.29) is 12.5 Å². The molecule has 9 heteroatoms. The predicted octanol–water partition coefficient (Wildman–Crippen LogP) is 5.83. The second-order valence-electron chi connectivity index (χ2n) is 13.0. The zero-order chi connectivity index (χ0) is 33.1. The van der Waals surface area contributed by atoms with Gasteiger partial charge < -0.3 is 40.3 Å². The number of hydrogen-bond acceptors (Lipinski definition) is 8. The van der Waals surface area contributed by atoms with Gasteiger partial charge in [-0.3, -0.25) is 4.79 Å². The average Bonchev–Trinajstić information content (AvgIpc) is 3.04. The van der Waals surface area contributed by atoms with Crippen molar-refractivity contribution in [3.63, 3.8) is 0 Å². The van der Waals surface area contributed by atoms with E-state index in [9.17, 15) is 30.3 Å². The molecule has 45 heavy (non-hydrogen) atoms. The third kappa shape index (κ3) is 20.0. The van der Waals surface area contributed by atoms with Gasteiger partial charge in [0, 0.05) is 6.42 Å². The zero-order valence-electron chi connectivity index (χ0n) is 28.6. The van der Waals surface area contributed by atoms with Crippen LogP contribution in [0.3, 0.4) is 0 Å². The fraction of sp³-hybridized carbons (Fsp3) is 0.917. The van der Waals surface area contributed by atoms with Crippen LogP contribution in [0, 0.1) is 0 Å². The monoisotopic (exact) mass is 644 g/mol. The number of aliphatic hydroxyl groups excluding tert-OH is 5. The van der Waals surface area contributed by atoms with E-state index < -0.39 is 49.5 Å². The first kappa shape index (κ1) is 42.0. The van der Waals surface area contributed by atoms with Crippen LogP contribution in [0.5, 0.6) is 0 Å². The fourth-order valence-electron chi connectivity index (χ4n) is 5.80. The second-order valence-corrected chi connectivity index (χ2v) is 13.0. The summed E-state index contributed by atoms with van der Waals surface area (Å²) >= 11 is 0. The third-order valence-electron chi connectivity index (χ3n) is 8.87. The molecule has 0 aromatic heterocycles. The highest BCUT2D eigenvalue weighted by Crippen LogP contribution is 2.23. The maximum atomic E-state index is 12.8. The van der Waals surface area contributed by atoms with Crippen molar-refractivity contribution in [3.05, 3.63) is 12.2 Å². The molecule has 1 fully saturated rings.